The van der Waals surface area contributed by atoms with Gasteiger partial charge in [-0.2, -0.15) is 0 Å². The van der Waals surface area contributed by atoms with Gasteiger partial charge in [-0.1, -0.05) is 19.4 Å². The van der Waals surface area contributed by atoms with Crippen LogP contribution >= 0.6 is 0 Å². The summed E-state index contributed by atoms with van der Waals surface area (Å²) >= 11 is 0. The van der Waals surface area contributed by atoms with Crippen molar-refractivity contribution < 1.29 is 9.53 Å². The maximum absolute atomic E-state index is 10.7. The zero-order chi connectivity index (χ0) is 7.82. The Morgan fingerprint density at radius 3 is 2.80 bits per heavy atom. The summed E-state index contributed by atoms with van der Waals surface area (Å²) < 4.78 is 4.67. The van der Waals surface area contributed by atoms with Gasteiger partial charge in [-0.25, -0.2) is 0 Å². The first kappa shape index (κ1) is 9.21. The van der Waals surface area contributed by atoms with Gasteiger partial charge < -0.3 is 4.74 Å². The number of rotatable bonds is 4. The topological polar surface area (TPSA) is 26.3 Å². The maximum Gasteiger partial charge on any atom is 0.310 e. The fraction of sp³-hybridized carbons (Fsp3) is 0.625. The zero-order valence-electron chi connectivity index (χ0n) is 6.59. The van der Waals surface area contributed by atoms with Crippen LogP contribution in [0.15, 0.2) is 12.3 Å². The molecule has 0 radical (unpaired) electrons. The summed E-state index contributed by atoms with van der Waals surface area (Å²) in [5.41, 5.74) is 0. The number of hydrogen-bond acceptors (Lipinski definition) is 2. The third-order valence-electron chi connectivity index (χ3n) is 1.07. The Balaban J connectivity index is 3.25. The van der Waals surface area contributed by atoms with E-state index in [1.807, 2.05) is 13.8 Å². The van der Waals surface area contributed by atoms with Gasteiger partial charge in [0, 0.05) is 6.42 Å². The smallest absolute Gasteiger partial charge is 0.310 e. The largest absolute Gasteiger partial charge is 0.435 e. The molecule has 58 valence electrons. The average Bonchev–Trinajstić information content (AvgIpc) is 1.97. The normalized spacial score (nSPS) is 10.2. The first-order valence-electron chi connectivity index (χ1n) is 3.62. The van der Waals surface area contributed by atoms with Gasteiger partial charge in [-0.3, -0.25) is 4.79 Å². The molecule has 0 fully saturated rings. The Morgan fingerprint density at radius 2 is 2.30 bits per heavy atom. The molecule has 0 saturated heterocycles. The average molecular weight is 142 g/mol. The third-order valence-corrected chi connectivity index (χ3v) is 1.07. The minimum Gasteiger partial charge on any atom is -0.435 e. The van der Waals surface area contributed by atoms with Gasteiger partial charge in [0.15, 0.2) is 0 Å². The van der Waals surface area contributed by atoms with Crippen LogP contribution in [0.3, 0.4) is 0 Å². The molecular weight excluding hydrogens is 128 g/mol. The van der Waals surface area contributed by atoms with Crippen LogP contribution in [0, 0.1) is 0 Å². The molecule has 0 heterocycles. The number of carbonyl (C=O) groups excluding carboxylic acids is 1. The van der Waals surface area contributed by atoms with E-state index in [9.17, 15) is 4.79 Å². The molecule has 0 aliphatic rings. The third kappa shape index (κ3) is 5.35. The summed E-state index contributed by atoms with van der Waals surface area (Å²) in [7, 11) is 0. The van der Waals surface area contributed by atoms with Crippen LogP contribution in [0.5, 0.6) is 0 Å². The van der Waals surface area contributed by atoms with Crippen LogP contribution in [-0.2, 0) is 9.53 Å². The highest BCUT2D eigenvalue weighted by atomic mass is 16.5. The number of ether oxygens (including phenoxy) is 1. The van der Waals surface area contributed by atoms with E-state index in [2.05, 4.69) is 4.74 Å². The second-order valence-electron chi connectivity index (χ2n) is 2.06. The molecule has 0 spiro atoms. The van der Waals surface area contributed by atoms with E-state index in [4.69, 9.17) is 0 Å². The Bertz CT molecular complexity index is 116. The minimum absolute atomic E-state index is 0.139. The molecule has 0 aromatic heterocycles. The number of allylic oxidation sites excluding steroid dienone is 1. The lowest BCUT2D eigenvalue weighted by atomic mass is 10.3. The van der Waals surface area contributed by atoms with Crippen molar-refractivity contribution in [2.45, 2.75) is 33.1 Å². The van der Waals surface area contributed by atoms with E-state index in [-0.39, 0.29) is 5.97 Å². The predicted octanol–water partition coefficient (Wildman–Crippen LogP) is 2.25. The molecule has 0 rings (SSSR count). The van der Waals surface area contributed by atoms with E-state index in [0.29, 0.717) is 6.42 Å². The Hall–Kier alpha value is -0.790. The molecule has 2 nitrogen and oxygen atoms in total. The van der Waals surface area contributed by atoms with Crippen molar-refractivity contribution in [1.29, 1.82) is 0 Å². The lowest BCUT2D eigenvalue weighted by molar-refractivity contribution is -0.138. The molecule has 2 heteroatoms. The van der Waals surface area contributed by atoms with E-state index >= 15 is 0 Å². The Labute approximate surface area is 61.9 Å². The van der Waals surface area contributed by atoms with Crippen LogP contribution in [-0.4, -0.2) is 5.97 Å². The first-order valence-corrected chi connectivity index (χ1v) is 3.62. The number of unbranched alkanes of at least 4 members (excludes halogenated alkanes) is 1. The summed E-state index contributed by atoms with van der Waals surface area (Å²) in [6, 6.07) is 0. The summed E-state index contributed by atoms with van der Waals surface area (Å²) in [5, 5.41) is 0. The van der Waals surface area contributed by atoms with Crippen LogP contribution in [0.25, 0.3) is 0 Å². The van der Waals surface area contributed by atoms with Gasteiger partial charge >= 0.3 is 5.97 Å². The van der Waals surface area contributed by atoms with E-state index in [0.717, 1.165) is 12.8 Å². The van der Waals surface area contributed by atoms with Gasteiger partial charge in [0.2, 0.25) is 0 Å². The summed E-state index contributed by atoms with van der Waals surface area (Å²) in [6.07, 6.45) is 5.59. The molecule has 0 bridgehead atoms. The number of esters is 1. The first-order chi connectivity index (χ1) is 4.81. The fourth-order valence-corrected chi connectivity index (χ4v) is 0.524. The second kappa shape index (κ2) is 6.33. The molecule has 10 heavy (non-hydrogen) atoms. The molecule has 0 N–H and O–H groups in total. The van der Waals surface area contributed by atoms with Crippen molar-refractivity contribution in [2.24, 2.45) is 0 Å². The standard InChI is InChI=1S/C8H14O2/c1-3-5-6-8(9)10-7-4-2/h4,7H,3,5-6H2,1-2H3. The fourth-order valence-electron chi connectivity index (χ4n) is 0.524. The molecule has 0 unspecified atom stereocenters. The molecular formula is C8H14O2. The van der Waals surface area contributed by atoms with Crippen molar-refractivity contribution in [2.75, 3.05) is 0 Å². The summed E-state index contributed by atoms with van der Waals surface area (Å²) in [5.74, 6) is -0.139. The molecule has 0 aromatic carbocycles. The van der Waals surface area contributed by atoms with Gasteiger partial charge in [-0.15, -0.1) is 0 Å². The monoisotopic (exact) mass is 142 g/mol. The van der Waals surface area contributed by atoms with E-state index < -0.39 is 0 Å². The predicted molar refractivity (Wildman–Crippen MR) is 40.4 cm³/mol. The highest BCUT2D eigenvalue weighted by Crippen LogP contribution is 1.96. The molecule has 0 saturated carbocycles. The molecule has 0 aromatic rings. The van der Waals surface area contributed by atoms with Gasteiger partial charge in [0.1, 0.15) is 0 Å². The van der Waals surface area contributed by atoms with Crippen molar-refractivity contribution in [1.82, 2.24) is 0 Å². The van der Waals surface area contributed by atoms with Crippen molar-refractivity contribution in [3.63, 3.8) is 0 Å². The molecule has 0 amide bonds. The molecule has 0 aliphatic carbocycles. The molecule has 0 aliphatic heterocycles. The van der Waals surface area contributed by atoms with Crippen LogP contribution in [0.1, 0.15) is 33.1 Å². The van der Waals surface area contributed by atoms with E-state index in [1.165, 1.54) is 6.26 Å². The maximum atomic E-state index is 10.7. The summed E-state index contributed by atoms with van der Waals surface area (Å²) in [6.45, 7) is 3.86. The molecule has 0 atom stereocenters. The van der Waals surface area contributed by atoms with Crippen LogP contribution in [0.4, 0.5) is 0 Å². The van der Waals surface area contributed by atoms with Gasteiger partial charge in [0.05, 0.1) is 6.26 Å². The highest BCUT2D eigenvalue weighted by Gasteiger charge is 1.97. The van der Waals surface area contributed by atoms with Gasteiger partial charge in [0.25, 0.3) is 0 Å². The van der Waals surface area contributed by atoms with E-state index in [1.54, 1.807) is 6.08 Å². The SMILES string of the molecule is CC=COC(=O)CCCC. The van der Waals surface area contributed by atoms with Crippen molar-refractivity contribution in [3.05, 3.63) is 12.3 Å². The lowest BCUT2D eigenvalue weighted by Crippen LogP contribution is -1.97. The van der Waals surface area contributed by atoms with Gasteiger partial charge in [-0.05, 0) is 13.3 Å². The Kier molecular flexibility index (Phi) is 5.83. The zero-order valence-corrected chi connectivity index (χ0v) is 6.59. The number of carbonyl (C=O) groups is 1. The quantitative estimate of drug-likeness (QED) is 0.444. The van der Waals surface area contributed by atoms with Crippen molar-refractivity contribution in [3.8, 4) is 0 Å². The summed E-state index contributed by atoms with van der Waals surface area (Å²) in [4.78, 5) is 10.7. The minimum atomic E-state index is -0.139. The highest BCUT2D eigenvalue weighted by molar-refractivity contribution is 5.69. The van der Waals surface area contributed by atoms with Crippen LogP contribution in [0.2, 0.25) is 0 Å². The van der Waals surface area contributed by atoms with Crippen molar-refractivity contribution >= 4 is 5.97 Å². The number of hydrogen-bond donors (Lipinski definition) is 0. The lowest BCUT2D eigenvalue weighted by Gasteiger charge is -1.95. The Morgan fingerprint density at radius 1 is 1.60 bits per heavy atom. The second-order valence-corrected chi connectivity index (χ2v) is 2.06. The van der Waals surface area contributed by atoms with Crippen LogP contribution < -0.4 is 0 Å².